The fourth-order valence-corrected chi connectivity index (χ4v) is 2.83. The first-order valence-electron chi connectivity index (χ1n) is 5.33. The molecule has 0 atom stereocenters. The summed E-state index contributed by atoms with van der Waals surface area (Å²) in [4.78, 5) is 9.76. The van der Waals surface area contributed by atoms with Crippen LogP contribution in [0.1, 0.15) is 0 Å². The Morgan fingerprint density at radius 1 is 1.05 bits per heavy atom. The quantitative estimate of drug-likeness (QED) is 0.476. The maximum Gasteiger partial charge on any atom is 0.339 e. The molecule has 2 aromatic rings. The van der Waals surface area contributed by atoms with Gasteiger partial charge in [0.05, 0.1) is 9.40 Å². The number of rotatable bonds is 4. The topological polar surface area (TPSA) is 86.5 Å². The summed E-state index contributed by atoms with van der Waals surface area (Å²) in [5, 5.41) is 10.5. The van der Waals surface area contributed by atoms with Gasteiger partial charge >= 0.3 is 10.1 Å². The van der Waals surface area contributed by atoms with Crippen LogP contribution in [0.3, 0.4) is 0 Å². The lowest BCUT2D eigenvalue weighted by atomic mass is 10.3. The predicted octanol–water partition coefficient (Wildman–Crippen LogP) is 3.13. The van der Waals surface area contributed by atoms with E-state index in [2.05, 4.69) is 15.9 Å². The van der Waals surface area contributed by atoms with Gasteiger partial charge in [0, 0.05) is 12.1 Å². The van der Waals surface area contributed by atoms with Gasteiger partial charge in [-0.05, 0) is 40.2 Å². The van der Waals surface area contributed by atoms with E-state index in [9.17, 15) is 18.5 Å². The fraction of sp³-hybridized carbons (Fsp3) is 0. The Labute approximate surface area is 123 Å². The van der Waals surface area contributed by atoms with Crippen molar-refractivity contribution in [2.24, 2.45) is 0 Å². The summed E-state index contributed by atoms with van der Waals surface area (Å²) >= 11 is 3.17. The highest BCUT2D eigenvalue weighted by atomic mass is 79.9. The van der Waals surface area contributed by atoms with Gasteiger partial charge < -0.3 is 4.18 Å². The van der Waals surface area contributed by atoms with Gasteiger partial charge in [-0.25, -0.2) is 0 Å². The first-order valence-corrected chi connectivity index (χ1v) is 7.54. The van der Waals surface area contributed by atoms with Gasteiger partial charge in [-0.2, -0.15) is 8.42 Å². The third-order valence-electron chi connectivity index (χ3n) is 2.37. The molecule has 8 heteroatoms. The molecule has 0 aromatic heterocycles. The van der Waals surface area contributed by atoms with Crippen molar-refractivity contribution >= 4 is 31.7 Å². The van der Waals surface area contributed by atoms with Gasteiger partial charge in [-0.3, -0.25) is 10.1 Å². The van der Waals surface area contributed by atoms with Crippen LogP contribution >= 0.6 is 15.9 Å². The molecule has 6 nitrogen and oxygen atoms in total. The average Bonchev–Trinajstić information content (AvgIpc) is 2.41. The van der Waals surface area contributed by atoms with Crippen molar-refractivity contribution in [1.82, 2.24) is 0 Å². The van der Waals surface area contributed by atoms with E-state index in [-0.39, 0.29) is 16.3 Å². The van der Waals surface area contributed by atoms with Gasteiger partial charge in [-0.1, -0.05) is 12.1 Å². The number of benzene rings is 2. The first-order chi connectivity index (χ1) is 9.40. The van der Waals surface area contributed by atoms with E-state index in [4.69, 9.17) is 4.18 Å². The van der Waals surface area contributed by atoms with Crippen molar-refractivity contribution in [3.63, 3.8) is 0 Å². The zero-order chi connectivity index (χ0) is 14.8. The Hall–Kier alpha value is -1.93. The van der Waals surface area contributed by atoms with Gasteiger partial charge in [-0.15, -0.1) is 0 Å². The first kappa shape index (κ1) is 14.5. The minimum atomic E-state index is -4.03. The largest absolute Gasteiger partial charge is 0.378 e. The molecule has 0 spiro atoms. The monoisotopic (exact) mass is 357 g/mol. The van der Waals surface area contributed by atoms with Crippen LogP contribution in [0.25, 0.3) is 0 Å². The van der Waals surface area contributed by atoms with Crippen molar-refractivity contribution in [3.8, 4) is 5.75 Å². The van der Waals surface area contributed by atoms with Crippen LogP contribution in [0.4, 0.5) is 5.69 Å². The fourth-order valence-electron chi connectivity index (χ4n) is 1.41. The highest BCUT2D eigenvalue weighted by molar-refractivity contribution is 9.10. The van der Waals surface area contributed by atoms with Crippen molar-refractivity contribution in [2.75, 3.05) is 0 Å². The molecule has 0 heterocycles. The van der Waals surface area contributed by atoms with Crippen LogP contribution in [0.15, 0.2) is 57.9 Å². The number of nitrogens with zero attached hydrogens (tertiary/aromatic N) is 1. The maximum absolute atomic E-state index is 12.0. The molecule has 0 aliphatic heterocycles. The summed E-state index contributed by atoms with van der Waals surface area (Å²) in [6.07, 6.45) is 0. The lowest BCUT2D eigenvalue weighted by Crippen LogP contribution is -2.10. The van der Waals surface area contributed by atoms with E-state index in [1.54, 1.807) is 18.2 Å². The number of nitro benzene ring substituents is 1. The van der Waals surface area contributed by atoms with E-state index in [0.29, 0.717) is 4.47 Å². The Bertz CT molecular complexity index is 743. The molecule has 104 valence electrons. The van der Waals surface area contributed by atoms with Crippen molar-refractivity contribution in [2.45, 2.75) is 4.90 Å². The standard InChI is InChI=1S/C12H8BrNO5S/c13-11-3-1-2-4-12(11)19-20(17,18)10-7-5-9(6-8-10)14(15)16/h1-8H. The van der Waals surface area contributed by atoms with Crippen LogP contribution in [-0.2, 0) is 10.1 Å². The van der Waals surface area contributed by atoms with Gasteiger partial charge in [0.2, 0.25) is 0 Å². The lowest BCUT2D eigenvalue weighted by molar-refractivity contribution is -0.384. The Kier molecular flexibility index (Phi) is 4.05. The zero-order valence-corrected chi connectivity index (χ0v) is 12.3. The summed E-state index contributed by atoms with van der Waals surface area (Å²) in [6.45, 7) is 0. The number of halogens is 1. The summed E-state index contributed by atoms with van der Waals surface area (Å²) in [7, 11) is -4.03. The molecule has 0 saturated carbocycles. The molecule has 0 aliphatic carbocycles. The van der Waals surface area contributed by atoms with Gasteiger partial charge in [0.25, 0.3) is 5.69 Å². The molecule has 0 N–H and O–H groups in total. The number of hydrogen-bond donors (Lipinski definition) is 0. The molecule has 2 rings (SSSR count). The number of nitro groups is 1. The Morgan fingerprint density at radius 3 is 2.20 bits per heavy atom. The smallest absolute Gasteiger partial charge is 0.339 e. The third kappa shape index (κ3) is 3.14. The van der Waals surface area contributed by atoms with Crippen molar-refractivity contribution < 1.29 is 17.5 Å². The maximum atomic E-state index is 12.0. The summed E-state index contributed by atoms with van der Waals surface area (Å²) < 4.78 is 29.5. The van der Waals surface area contributed by atoms with Crippen LogP contribution in [0.5, 0.6) is 5.75 Å². The minimum absolute atomic E-state index is 0.144. The second-order valence-electron chi connectivity index (χ2n) is 3.72. The highest BCUT2D eigenvalue weighted by Gasteiger charge is 2.19. The molecular weight excluding hydrogens is 350 g/mol. The second-order valence-corrected chi connectivity index (χ2v) is 6.12. The highest BCUT2D eigenvalue weighted by Crippen LogP contribution is 2.27. The van der Waals surface area contributed by atoms with Crippen LogP contribution in [0, 0.1) is 10.1 Å². The van der Waals surface area contributed by atoms with Gasteiger partial charge in [0.15, 0.2) is 5.75 Å². The Balaban J connectivity index is 2.31. The second kappa shape index (κ2) is 5.59. The van der Waals surface area contributed by atoms with E-state index < -0.39 is 15.0 Å². The van der Waals surface area contributed by atoms with Crippen LogP contribution in [0.2, 0.25) is 0 Å². The molecule has 20 heavy (non-hydrogen) atoms. The SMILES string of the molecule is O=[N+]([O-])c1ccc(S(=O)(=O)Oc2ccccc2Br)cc1. The number of non-ortho nitro benzene ring substituents is 1. The summed E-state index contributed by atoms with van der Waals surface area (Å²) in [5.74, 6) is 0.144. The molecule has 0 saturated heterocycles. The van der Waals surface area contributed by atoms with E-state index in [0.717, 1.165) is 24.3 Å². The summed E-state index contributed by atoms with van der Waals surface area (Å²) in [5.41, 5.74) is -0.190. The van der Waals surface area contributed by atoms with Crippen molar-refractivity contribution in [3.05, 3.63) is 63.1 Å². The molecule has 0 aliphatic rings. The Morgan fingerprint density at radius 2 is 1.65 bits per heavy atom. The van der Waals surface area contributed by atoms with Gasteiger partial charge in [0.1, 0.15) is 4.90 Å². The van der Waals surface area contributed by atoms with Crippen LogP contribution < -0.4 is 4.18 Å². The number of para-hydroxylation sites is 1. The molecule has 0 unspecified atom stereocenters. The predicted molar refractivity (Wildman–Crippen MR) is 75.1 cm³/mol. The van der Waals surface area contributed by atoms with E-state index >= 15 is 0 Å². The molecular formula is C12H8BrNO5S. The molecule has 0 radical (unpaired) electrons. The third-order valence-corrected chi connectivity index (χ3v) is 4.28. The minimum Gasteiger partial charge on any atom is -0.378 e. The van der Waals surface area contributed by atoms with E-state index in [1.807, 2.05) is 0 Å². The zero-order valence-electron chi connectivity index (χ0n) is 9.89. The molecule has 0 amide bonds. The van der Waals surface area contributed by atoms with Crippen molar-refractivity contribution in [1.29, 1.82) is 0 Å². The molecule has 2 aromatic carbocycles. The average molecular weight is 358 g/mol. The summed E-state index contributed by atoms with van der Waals surface area (Å²) in [6, 6.07) is 11.0. The lowest BCUT2D eigenvalue weighted by Gasteiger charge is -2.08. The number of hydrogen-bond acceptors (Lipinski definition) is 5. The normalized spacial score (nSPS) is 11.1. The van der Waals surface area contributed by atoms with Crippen LogP contribution in [-0.4, -0.2) is 13.3 Å². The molecule has 0 bridgehead atoms. The van der Waals surface area contributed by atoms with E-state index in [1.165, 1.54) is 6.07 Å². The molecule has 0 fully saturated rings.